The van der Waals surface area contributed by atoms with E-state index in [1.807, 2.05) is 67.3 Å². The molecule has 5 rings (SSSR count). The van der Waals surface area contributed by atoms with Crippen LogP contribution in [0.3, 0.4) is 0 Å². The smallest absolute Gasteiger partial charge is 0.245 e. The maximum absolute atomic E-state index is 13.9. The minimum atomic E-state index is -0.177. The van der Waals surface area contributed by atoms with E-state index in [9.17, 15) is 4.79 Å². The van der Waals surface area contributed by atoms with E-state index in [-0.39, 0.29) is 18.5 Å². The lowest BCUT2D eigenvalue weighted by Crippen LogP contribution is -2.46. The van der Waals surface area contributed by atoms with Crippen LogP contribution < -0.4 is 10.1 Å². The van der Waals surface area contributed by atoms with Crippen LogP contribution in [0.15, 0.2) is 78.9 Å². The van der Waals surface area contributed by atoms with Crippen LogP contribution in [-0.4, -0.2) is 38.2 Å². The fourth-order valence-corrected chi connectivity index (χ4v) is 4.68. The number of nitrogens with one attached hydrogen (secondary N) is 1. The van der Waals surface area contributed by atoms with Crippen molar-refractivity contribution in [1.82, 2.24) is 19.7 Å². The maximum atomic E-state index is 13.9. The molecule has 7 nitrogen and oxygen atoms in total. The molecule has 36 heavy (non-hydrogen) atoms. The van der Waals surface area contributed by atoms with Gasteiger partial charge in [-0.05, 0) is 43.5 Å². The molecule has 0 fully saturated rings. The molecule has 1 N–H and O–H groups in total. The molecule has 1 amide bonds. The van der Waals surface area contributed by atoms with Crippen molar-refractivity contribution in [2.24, 2.45) is 0 Å². The third-order valence-corrected chi connectivity index (χ3v) is 6.55. The van der Waals surface area contributed by atoms with Gasteiger partial charge >= 0.3 is 0 Å². The van der Waals surface area contributed by atoms with E-state index in [0.717, 1.165) is 34.0 Å². The summed E-state index contributed by atoms with van der Waals surface area (Å²) in [7, 11) is 0. The Hall–Kier alpha value is -4.13. The normalized spacial score (nSPS) is 15.6. The van der Waals surface area contributed by atoms with E-state index in [4.69, 9.17) is 4.74 Å². The molecular weight excluding hydrogens is 450 g/mol. The number of carbonyl (C=O) groups excluding carboxylic acids is 1. The second kappa shape index (κ2) is 10.6. The molecule has 1 aliphatic heterocycles. The predicted molar refractivity (Wildman–Crippen MR) is 140 cm³/mol. The second-order valence-corrected chi connectivity index (χ2v) is 9.16. The van der Waals surface area contributed by atoms with Crippen LogP contribution in [0.5, 0.6) is 5.75 Å². The summed E-state index contributed by atoms with van der Waals surface area (Å²) in [6.45, 7) is 5.33. The Morgan fingerprint density at radius 1 is 0.972 bits per heavy atom. The average Bonchev–Trinajstić information content (AvgIpc) is 3.20. The van der Waals surface area contributed by atoms with E-state index in [0.29, 0.717) is 31.9 Å². The van der Waals surface area contributed by atoms with E-state index in [2.05, 4.69) is 45.7 Å². The molecule has 0 spiro atoms. The molecule has 0 radical (unpaired) electrons. The Balaban J connectivity index is 1.54. The quantitative estimate of drug-likeness (QED) is 0.463. The van der Waals surface area contributed by atoms with E-state index < -0.39 is 0 Å². The lowest BCUT2D eigenvalue weighted by Gasteiger charge is -2.32. The third-order valence-electron chi connectivity index (χ3n) is 6.55. The Bertz CT molecular complexity index is 1330. The van der Waals surface area contributed by atoms with Crippen molar-refractivity contribution in [3.05, 3.63) is 107 Å². The van der Waals surface area contributed by atoms with Gasteiger partial charge in [-0.2, -0.15) is 5.10 Å². The fraction of sp³-hybridized carbons (Fsp3) is 0.276. The third kappa shape index (κ3) is 5.40. The molecule has 0 bridgehead atoms. The number of ether oxygens (including phenoxy) is 1. The lowest BCUT2D eigenvalue weighted by atomic mass is 10.0. The van der Waals surface area contributed by atoms with Gasteiger partial charge in [-0.3, -0.25) is 4.79 Å². The van der Waals surface area contributed by atoms with Gasteiger partial charge in [-0.25, -0.2) is 9.67 Å². The topological polar surface area (TPSA) is 72.3 Å². The number of nitrogens with zero attached hydrogens (tertiary/aromatic N) is 4. The van der Waals surface area contributed by atoms with Gasteiger partial charge in [-0.15, -0.1) is 0 Å². The molecule has 0 unspecified atom stereocenters. The summed E-state index contributed by atoms with van der Waals surface area (Å²) >= 11 is 0. The van der Waals surface area contributed by atoms with Crippen molar-refractivity contribution in [2.45, 2.75) is 45.9 Å². The van der Waals surface area contributed by atoms with Crippen molar-refractivity contribution in [1.29, 1.82) is 0 Å². The molecule has 7 heteroatoms. The molecule has 0 aliphatic carbocycles. The van der Waals surface area contributed by atoms with Gasteiger partial charge in [-0.1, -0.05) is 66.7 Å². The minimum absolute atomic E-state index is 0.0186. The summed E-state index contributed by atoms with van der Waals surface area (Å²) in [6.07, 6.45) is 0.680. The zero-order chi connectivity index (χ0) is 24.9. The van der Waals surface area contributed by atoms with Crippen molar-refractivity contribution < 1.29 is 9.53 Å². The largest absolute Gasteiger partial charge is 0.491 e. The standard InChI is InChI=1S/C29H31N5O2/c1-21-31-22(2)34(32-21)19-29(35)33-18-25-13-6-8-14-27(25)30-17-24-12-7-9-15-28(24)36-20-26(33)16-23-10-4-3-5-11-23/h3-15,26,30H,16-20H2,1-2H3/t26-/m0/s1. The number of aromatic nitrogens is 3. The average molecular weight is 482 g/mol. The first-order valence-corrected chi connectivity index (χ1v) is 12.3. The number of rotatable bonds is 4. The summed E-state index contributed by atoms with van der Waals surface area (Å²) < 4.78 is 8.08. The van der Waals surface area contributed by atoms with Gasteiger partial charge in [0, 0.05) is 24.3 Å². The van der Waals surface area contributed by atoms with Crippen molar-refractivity contribution >= 4 is 11.6 Å². The van der Waals surface area contributed by atoms with Gasteiger partial charge in [0.2, 0.25) is 5.91 Å². The van der Waals surface area contributed by atoms with Crippen molar-refractivity contribution in [2.75, 3.05) is 11.9 Å². The summed E-state index contributed by atoms with van der Waals surface area (Å²) in [5.41, 5.74) is 4.32. The van der Waals surface area contributed by atoms with Crippen LogP contribution in [0, 0.1) is 13.8 Å². The first-order chi connectivity index (χ1) is 17.6. The highest BCUT2D eigenvalue weighted by molar-refractivity contribution is 5.76. The predicted octanol–water partition coefficient (Wildman–Crippen LogP) is 4.54. The van der Waals surface area contributed by atoms with E-state index >= 15 is 0 Å². The SMILES string of the molecule is Cc1nc(C)n(CC(=O)N2Cc3ccccc3NCc3ccccc3OC[C@@H]2Cc2ccccc2)n1. The number of benzene rings is 3. The van der Waals surface area contributed by atoms with Gasteiger partial charge in [0.05, 0.1) is 6.04 Å². The Morgan fingerprint density at radius 2 is 1.69 bits per heavy atom. The second-order valence-electron chi connectivity index (χ2n) is 9.16. The molecule has 2 heterocycles. The molecule has 0 saturated carbocycles. The number of hydrogen-bond donors (Lipinski definition) is 1. The summed E-state index contributed by atoms with van der Waals surface area (Å²) in [5.74, 6) is 2.20. The zero-order valence-electron chi connectivity index (χ0n) is 20.7. The first kappa shape index (κ1) is 23.6. The Morgan fingerprint density at radius 3 is 2.47 bits per heavy atom. The highest BCUT2D eigenvalue weighted by Crippen LogP contribution is 2.26. The molecule has 1 aromatic heterocycles. The van der Waals surface area contributed by atoms with Crippen LogP contribution in [0.25, 0.3) is 0 Å². The molecule has 1 aliphatic rings. The highest BCUT2D eigenvalue weighted by atomic mass is 16.5. The zero-order valence-corrected chi connectivity index (χ0v) is 20.7. The van der Waals surface area contributed by atoms with Gasteiger partial charge in [0.25, 0.3) is 0 Å². The number of amides is 1. The Kier molecular flexibility index (Phi) is 6.98. The number of carbonyl (C=O) groups is 1. The monoisotopic (exact) mass is 481 g/mol. The molecule has 184 valence electrons. The summed E-state index contributed by atoms with van der Waals surface area (Å²) in [6, 6.07) is 26.4. The van der Waals surface area contributed by atoms with Crippen LogP contribution in [0.1, 0.15) is 28.3 Å². The van der Waals surface area contributed by atoms with E-state index in [1.54, 1.807) is 4.68 Å². The van der Waals surface area contributed by atoms with Crippen molar-refractivity contribution in [3.63, 3.8) is 0 Å². The number of para-hydroxylation sites is 2. The molecule has 1 atom stereocenters. The molecule has 4 aromatic rings. The van der Waals surface area contributed by atoms with Crippen LogP contribution >= 0.6 is 0 Å². The van der Waals surface area contributed by atoms with Crippen molar-refractivity contribution in [3.8, 4) is 5.75 Å². The number of aryl methyl sites for hydroxylation is 2. The number of anilines is 1. The number of hydrogen-bond acceptors (Lipinski definition) is 5. The molecular formula is C29H31N5O2. The van der Waals surface area contributed by atoms with Crippen LogP contribution in [0.4, 0.5) is 5.69 Å². The fourth-order valence-electron chi connectivity index (χ4n) is 4.68. The highest BCUT2D eigenvalue weighted by Gasteiger charge is 2.27. The minimum Gasteiger partial charge on any atom is -0.491 e. The molecule has 3 aromatic carbocycles. The maximum Gasteiger partial charge on any atom is 0.245 e. The van der Waals surface area contributed by atoms with Gasteiger partial charge in [0.15, 0.2) is 0 Å². The van der Waals surface area contributed by atoms with Gasteiger partial charge in [0.1, 0.15) is 30.5 Å². The first-order valence-electron chi connectivity index (χ1n) is 12.3. The lowest BCUT2D eigenvalue weighted by molar-refractivity contribution is -0.135. The summed E-state index contributed by atoms with van der Waals surface area (Å²) in [5, 5.41) is 7.99. The van der Waals surface area contributed by atoms with Crippen LogP contribution in [-0.2, 0) is 30.8 Å². The molecule has 0 saturated heterocycles. The van der Waals surface area contributed by atoms with Crippen LogP contribution in [0.2, 0.25) is 0 Å². The van der Waals surface area contributed by atoms with Gasteiger partial charge < -0.3 is 15.0 Å². The number of fused-ring (bicyclic) bond motifs is 2. The Labute approximate surface area is 211 Å². The van der Waals surface area contributed by atoms with E-state index in [1.165, 1.54) is 0 Å². The summed E-state index contributed by atoms with van der Waals surface area (Å²) in [4.78, 5) is 20.2.